The Morgan fingerprint density at radius 1 is 1.40 bits per heavy atom. The molecule has 1 aliphatic rings. The van der Waals surface area contributed by atoms with Crippen molar-refractivity contribution in [2.45, 2.75) is 19.8 Å². The second-order valence-corrected chi connectivity index (χ2v) is 5.57. The van der Waals surface area contributed by atoms with Crippen LogP contribution in [0.1, 0.15) is 18.9 Å². The average molecular weight is 278 g/mol. The highest BCUT2D eigenvalue weighted by Gasteiger charge is 2.23. The minimum absolute atomic E-state index is 0.700. The topological polar surface area (TPSA) is 41.5 Å². The van der Waals surface area contributed by atoms with Crippen molar-refractivity contribution in [2.24, 2.45) is 5.92 Å². The van der Waals surface area contributed by atoms with Gasteiger partial charge in [0.2, 0.25) is 5.95 Å². The molecule has 5 nitrogen and oxygen atoms in total. The molecule has 0 radical (unpaired) electrons. The van der Waals surface area contributed by atoms with Gasteiger partial charge in [-0.1, -0.05) is 6.92 Å². The maximum absolute atomic E-state index is 5.14. The molecule has 5 heteroatoms. The highest BCUT2D eigenvalue weighted by Crippen LogP contribution is 2.18. The van der Waals surface area contributed by atoms with E-state index in [1.54, 1.807) is 7.11 Å². The fraction of sp³-hybridized carbons (Fsp3) is 0.733. The normalized spacial score (nSPS) is 19.4. The first-order chi connectivity index (χ1) is 9.72. The Morgan fingerprint density at radius 3 is 2.80 bits per heavy atom. The quantitative estimate of drug-likeness (QED) is 0.755. The number of rotatable bonds is 7. The third-order valence-corrected chi connectivity index (χ3v) is 3.96. The van der Waals surface area contributed by atoms with Gasteiger partial charge in [-0.25, -0.2) is 9.97 Å². The zero-order valence-electron chi connectivity index (χ0n) is 12.9. The first-order valence-electron chi connectivity index (χ1n) is 7.46. The molecule has 0 N–H and O–H groups in total. The van der Waals surface area contributed by atoms with Crippen LogP contribution >= 0.6 is 0 Å². The van der Waals surface area contributed by atoms with E-state index in [1.165, 1.54) is 18.5 Å². The van der Waals surface area contributed by atoms with Gasteiger partial charge in [0.05, 0.1) is 6.61 Å². The summed E-state index contributed by atoms with van der Waals surface area (Å²) < 4.78 is 5.14. The zero-order valence-corrected chi connectivity index (χ0v) is 12.9. The molecule has 1 aromatic rings. The third-order valence-electron chi connectivity index (χ3n) is 3.96. The van der Waals surface area contributed by atoms with Gasteiger partial charge in [-0.2, -0.15) is 0 Å². The van der Waals surface area contributed by atoms with E-state index in [0.717, 1.165) is 38.6 Å². The highest BCUT2D eigenvalue weighted by atomic mass is 16.5. The van der Waals surface area contributed by atoms with Crippen molar-refractivity contribution < 1.29 is 4.74 Å². The number of anilines is 1. The van der Waals surface area contributed by atoms with Gasteiger partial charge in [0.15, 0.2) is 0 Å². The van der Waals surface area contributed by atoms with Gasteiger partial charge in [0.1, 0.15) is 0 Å². The van der Waals surface area contributed by atoms with Crippen LogP contribution in [0.5, 0.6) is 0 Å². The largest absolute Gasteiger partial charge is 0.383 e. The molecule has 2 heterocycles. The summed E-state index contributed by atoms with van der Waals surface area (Å²) in [6.07, 6.45) is 6.10. The lowest BCUT2D eigenvalue weighted by Crippen LogP contribution is -2.30. The van der Waals surface area contributed by atoms with Crippen LogP contribution in [0, 0.1) is 5.92 Å². The number of likely N-dealkylation sites (tertiary alicyclic amines) is 1. The lowest BCUT2D eigenvalue weighted by molar-refractivity contribution is 0.159. The second kappa shape index (κ2) is 7.55. The van der Waals surface area contributed by atoms with Crippen LogP contribution in [0.3, 0.4) is 0 Å². The molecule has 1 atom stereocenters. The summed E-state index contributed by atoms with van der Waals surface area (Å²) in [5, 5.41) is 0. The Hall–Kier alpha value is -1.20. The Morgan fingerprint density at radius 2 is 2.15 bits per heavy atom. The predicted octanol–water partition coefficient (Wildman–Crippen LogP) is 1.44. The average Bonchev–Trinajstić information content (AvgIpc) is 2.92. The number of hydrogen-bond acceptors (Lipinski definition) is 5. The van der Waals surface area contributed by atoms with Crippen molar-refractivity contribution in [1.29, 1.82) is 0 Å². The van der Waals surface area contributed by atoms with E-state index < -0.39 is 0 Å². The summed E-state index contributed by atoms with van der Waals surface area (Å²) in [4.78, 5) is 13.5. The fourth-order valence-corrected chi connectivity index (χ4v) is 2.68. The van der Waals surface area contributed by atoms with Gasteiger partial charge in [-0.05, 0) is 30.9 Å². The number of aryl methyl sites for hydroxylation is 1. The van der Waals surface area contributed by atoms with Crippen molar-refractivity contribution in [3.63, 3.8) is 0 Å². The van der Waals surface area contributed by atoms with Crippen molar-refractivity contribution in [3.8, 4) is 0 Å². The van der Waals surface area contributed by atoms with Gasteiger partial charge in [0.25, 0.3) is 0 Å². The minimum atomic E-state index is 0.700. The Kier molecular flexibility index (Phi) is 5.73. The fourth-order valence-electron chi connectivity index (χ4n) is 2.68. The molecule has 0 spiro atoms. The molecule has 1 fully saturated rings. The molecule has 0 aliphatic carbocycles. The molecule has 0 unspecified atom stereocenters. The molecule has 1 aromatic heterocycles. The van der Waals surface area contributed by atoms with Gasteiger partial charge < -0.3 is 14.5 Å². The second-order valence-electron chi connectivity index (χ2n) is 5.57. The number of hydrogen-bond donors (Lipinski definition) is 0. The maximum atomic E-state index is 5.14. The predicted molar refractivity (Wildman–Crippen MR) is 81.1 cm³/mol. The minimum Gasteiger partial charge on any atom is -0.383 e. The summed E-state index contributed by atoms with van der Waals surface area (Å²) in [5.41, 5.74) is 1.19. The lowest BCUT2D eigenvalue weighted by Gasteiger charge is -2.21. The van der Waals surface area contributed by atoms with Crippen LogP contribution in [0.15, 0.2) is 12.4 Å². The molecule has 0 bridgehead atoms. The summed E-state index contributed by atoms with van der Waals surface area (Å²) >= 11 is 0. The molecule has 0 saturated carbocycles. The number of ether oxygens (including phenoxy) is 1. The standard InChI is InChI=1S/C15H26N4O/c1-4-13-9-16-15(17-10-13)18(2)11-14-5-6-19(12-14)7-8-20-3/h9-10,14H,4-8,11-12H2,1-3H3/t14-/m1/s1. The van der Waals surface area contributed by atoms with Crippen molar-refractivity contribution in [2.75, 3.05) is 51.8 Å². The van der Waals surface area contributed by atoms with E-state index in [2.05, 4.69) is 33.7 Å². The van der Waals surface area contributed by atoms with E-state index in [0.29, 0.717) is 5.92 Å². The van der Waals surface area contributed by atoms with Crippen molar-refractivity contribution in [1.82, 2.24) is 14.9 Å². The first-order valence-corrected chi connectivity index (χ1v) is 7.46. The maximum Gasteiger partial charge on any atom is 0.225 e. The van der Waals surface area contributed by atoms with E-state index >= 15 is 0 Å². The summed E-state index contributed by atoms with van der Waals surface area (Å²) in [5.74, 6) is 1.53. The molecule has 0 aromatic carbocycles. The monoisotopic (exact) mass is 278 g/mol. The van der Waals surface area contributed by atoms with E-state index in [-0.39, 0.29) is 0 Å². The van der Waals surface area contributed by atoms with Crippen LogP contribution in [-0.4, -0.2) is 61.8 Å². The molecule has 1 aliphatic heterocycles. The molecule has 20 heavy (non-hydrogen) atoms. The van der Waals surface area contributed by atoms with Crippen LogP contribution in [-0.2, 0) is 11.2 Å². The van der Waals surface area contributed by atoms with E-state index in [1.807, 2.05) is 12.4 Å². The molecular formula is C15H26N4O. The van der Waals surface area contributed by atoms with Crippen LogP contribution in [0.25, 0.3) is 0 Å². The van der Waals surface area contributed by atoms with Crippen molar-refractivity contribution in [3.05, 3.63) is 18.0 Å². The molecule has 112 valence electrons. The number of methoxy groups -OCH3 is 1. The Bertz CT molecular complexity index is 395. The molecule has 2 rings (SSSR count). The molecular weight excluding hydrogens is 252 g/mol. The van der Waals surface area contributed by atoms with Gasteiger partial charge in [-0.15, -0.1) is 0 Å². The summed E-state index contributed by atoms with van der Waals surface area (Å²) in [6, 6.07) is 0. The van der Waals surface area contributed by atoms with Crippen LogP contribution in [0.4, 0.5) is 5.95 Å². The third kappa shape index (κ3) is 4.15. The Balaban J connectivity index is 1.80. The zero-order chi connectivity index (χ0) is 14.4. The van der Waals surface area contributed by atoms with E-state index in [4.69, 9.17) is 4.74 Å². The Labute approximate surface area is 122 Å². The SMILES string of the molecule is CCc1cnc(N(C)C[C@H]2CCN(CCOC)C2)nc1. The molecule has 0 amide bonds. The number of nitrogens with zero attached hydrogens (tertiary/aromatic N) is 4. The smallest absolute Gasteiger partial charge is 0.225 e. The van der Waals surface area contributed by atoms with Crippen LogP contribution < -0.4 is 4.90 Å². The first kappa shape index (κ1) is 15.2. The summed E-state index contributed by atoms with van der Waals surface area (Å²) in [6.45, 7) is 7.34. The van der Waals surface area contributed by atoms with Gasteiger partial charge in [-0.3, -0.25) is 0 Å². The van der Waals surface area contributed by atoms with Crippen LogP contribution in [0.2, 0.25) is 0 Å². The van der Waals surface area contributed by atoms with Gasteiger partial charge >= 0.3 is 0 Å². The summed E-state index contributed by atoms with van der Waals surface area (Å²) in [7, 11) is 3.84. The molecule has 1 saturated heterocycles. The van der Waals surface area contributed by atoms with Crippen molar-refractivity contribution >= 4 is 5.95 Å². The number of aromatic nitrogens is 2. The lowest BCUT2D eigenvalue weighted by atomic mass is 10.1. The highest BCUT2D eigenvalue weighted by molar-refractivity contribution is 5.28. The van der Waals surface area contributed by atoms with Gasteiger partial charge in [0, 0.05) is 46.2 Å². The van der Waals surface area contributed by atoms with E-state index in [9.17, 15) is 0 Å².